The molecular formula is C20H19NO2S2. The molecule has 1 N–H and O–H groups in total. The Morgan fingerprint density at radius 1 is 1.04 bits per heavy atom. The average molecular weight is 370 g/mol. The number of carbonyl (C=O) groups is 2. The van der Waals surface area contributed by atoms with E-state index in [1.165, 1.54) is 23.8 Å². The number of Topliss-reactive ketones (excluding diaryl/α,β-unsaturated/α-hetero) is 1. The number of rotatable bonds is 6. The quantitative estimate of drug-likeness (QED) is 0.615. The van der Waals surface area contributed by atoms with Gasteiger partial charge in [-0.2, -0.15) is 0 Å². The van der Waals surface area contributed by atoms with Gasteiger partial charge in [0.25, 0.3) is 5.91 Å². The van der Waals surface area contributed by atoms with E-state index < -0.39 is 0 Å². The summed E-state index contributed by atoms with van der Waals surface area (Å²) in [6, 6.07) is 15.6. The molecule has 3 rings (SSSR count). The first-order valence-electron chi connectivity index (χ1n) is 8.12. The molecule has 0 spiro atoms. The van der Waals surface area contributed by atoms with Crippen molar-refractivity contribution in [2.75, 3.05) is 0 Å². The van der Waals surface area contributed by atoms with Crippen LogP contribution in [0.25, 0.3) is 0 Å². The molecule has 0 saturated heterocycles. The lowest BCUT2D eigenvalue weighted by Crippen LogP contribution is -2.28. The Morgan fingerprint density at radius 3 is 2.32 bits per heavy atom. The fraction of sp³-hybridized carbons (Fsp3) is 0.200. The first-order chi connectivity index (χ1) is 12.1. The molecule has 2 aromatic heterocycles. The number of hydrogen-bond acceptors (Lipinski definition) is 4. The number of aryl methyl sites for hydroxylation is 1. The minimum atomic E-state index is -0.193. The largest absolute Gasteiger partial charge is 0.340 e. The summed E-state index contributed by atoms with van der Waals surface area (Å²) in [6.07, 6.45) is 0.985. The molecule has 2 heterocycles. The molecule has 25 heavy (non-hydrogen) atoms. The predicted octanol–water partition coefficient (Wildman–Crippen LogP) is 5.09. The van der Waals surface area contributed by atoms with E-state index >= 15 is 0 Å². The Labute approximate surface area is 155 Å². The molecule has 1 aromatic carbocycles. The summed E-state index contributed by atoms with van der Waals surface area (Å²) in [7, 11) is 0. The number of amides is 1. The first-order valence-corrected chi connectivity index (χ1v) is 9.82. The molecule has 0 unspecified atom stereocenters. The number of carbonyl (C=O) groups excluding carboxylic acids is 2. The molecule has 0 radical (unpaired) electrons. The maximum Gasteiger partial charge on any atom is 0.262 e. The van der Waals surface area contributed by atoms with Crippen molar-refractivity contribution in [1.29, 1.82) is 0 Å². The van der Waals surface area contributed by atoms with Gasteiger partial charge in [-0.25, -0.2) is 0 Å². The Morgan fingerprint density at radius 2 is 1.76 bits per heavy atom. The van der Waals surface area contributed by atoms with Crippen LogP contribution in [0, 0.1) is 0 Å². The molecule has 128 valence electrons. The predicted molar refractivity (Wildman–Crippen MR) is 104 cm³/mol. The van der Waals surface area contributed by atoms with E-state index in [4.69, 9.17) is 0 Å². The van der Waals surface area contributed by atoms with Gasteiger partial charge < -0.3 is 5.32 Å². The molecule has 1 amide bonds. The van der Waals surface area contributed by atoms with Gasteiger partial charge in [0.2, 0.25) is 0 Å². The van der Waals surface area contributed by atoms with E-state index in [0.29, 0.717) is 9.75 Å². The minimum Gasteiger partial charge on any atom is -0.340 e. The van der Waals surface area contributed by atoms with Crippen LogP contribution in [0.3, 0.4) is 0 Å². The molecule has 0 fully saturated rings. The van der Waals surface area contributed by atoms with Gasteiger partial charge in [0.05, 0.1) is 15.8 Å². The van der Waals surface area contributed by atoms with Gasteiger partial charge >= 0.3 is 0 Å². The van der Waals surface area contributed by atoms with Crippen molar-refractivity contribution in [3.8, 4) is 0 Å². The molecule has 0 bridgehead atoms. The van der Waals surface area contributed by atoms with Gasteiger partial charge in [0.15, 0.2) is 5.78 Å². The Hall–Kier alpha value is -2.24. The minimum absolute atomic E-state index is 0.0194. The first kappa shape index (κ1) is 17.6. The van der Waals surface area contributed by atoms with Crippen LogP contribution in [0.4, 0.5) is 0 Å². The molecule has 0 aliphatic carbocycles. The van der Waals surface area contributed by atoms with Crippen LogP contribution in [-0.2, 0) is 6.42 Å². The van der Waals surface area contributed by atoms with Crippen LogP contribution in [0.15, 0.2) is 53.9 Å². The van der Waals surface area contributed by atoms with E-state index in [1.54, 1.807) is 23.5 Å². The highest BCUT2D eigenvalue weighted by Crippen LogP contribution is 2.27. The summed E-state index contributed by atoms with van der Waals surface area (Å²) < 4.78 is 0. The molecule has 0 aliphatic heterocycles. The zero-order valence-corrected chi connectivity index (χ0v) is 15.7. The van der Waals surface area contributed by atoms with Crippen LogP contribution in [-0.4, -0.2) is 11.7 Å². The molecule has 3 nitrogen and oxygen atoms in total. The lowest BCUT2D eigenvalue weighted by Gasteiger charge is -2.18. The molecule has 1 atom stereocenters. The molecule has 3 aromatic rings. The second-order valence-electron chi connectivity index (χ2n) is 5.74. The van der Waals surface area contributed by atoms with Crippen molar-refractivity contribution in [3.63, 3.8) is 0 Å². The lowest BCUT2D eigenvalue weighted by molar-refractivity contribution is 0.0947. The van der Waals surface area contributed by atoms with Gasteiger partial charge in [-0.3, -0.25) is 9.59 Å². The van der Waals surface area contributed by atoms with E-state index in [1.807, 2.05) is 17.5 Å². The topological polar surface area (TPSA) is 46.2 Å². The summed E-state index contributed by atoms with van der Waals surface area (Å²) in [5, 5.41) is 5.12. The van der Waals surface area contributed by atoms with Gasteiger partial charge in [-0.1, -0.05) is 37.3 Å². The smallest absolute Gasteiger partial charge is 0.262 e. The molecule has 0 saturated carbocycles. The SMILES string of the molecule is CCc1ccc([C@@H](NC(=O)c2ccc(C(C)=O)s2)c2cccs2)cc1. The van der Waals surface area contributed by atoms with Crippen LogP contribution in [0.5, 0.6) is 0 Å². The second kappa shape index (κ2) is 7.76. The normalized spacial score (nSPS) is 11.9. The summed E-state index contributed by atoms with van der Waals surface area (Å²) in [4.78, 5) is 26.4. The number of ketones is 1. The third-order valence-electron chi connectivity index (χ3n) is 4.00. The molecule has 0 aliphatic rings. The van der Waals surface area contributed by atoms with Crippen molar-refractivity contribution in [1.82, 2.24) is 5.32 Å². The third-order valence-corrected chi connectivity index (χ3v) is 6.12. The van der Waals surface area contributed by atoms with Gasteiger partial charge in [0.1, 0.15) is 0 Å². The summed E-state index contributed by atoms with van der Waals surface area (Å²) in [5.41, 5.74) is 2.32. The number of nitrogens with one attached hydrogen (secondary N) is 1. The summed E-state index contributed by atoms with van der Waals surface area (Å²) >= 11 is 2.85. The highest BCUT2D eigenvalue weighted by molar-refractivity contribution is 7.16. The average Bonchev–Trinajstić information content (AvgIpc) is 3.31. The lowest BCUT2D eigenvalue weighted by atomic mass is 10.0. The van der Waals surface area contributed by atoms with Crippen molar-refractivity contribution >= 4 is 34.4 Å². The summed E-state index contributed by atoms with van der Waals surface area (Å²) in [5.74, 6) is -0.176. The maximum atomic E-state index is 12.7. The third kappa shape index (κ3) is 4.06. The van der Waals surface area contributed by atoms with E-state index in [0.717, 1.165) is 16.9 Å². The van der Waals surface area contributed by atoms with Crippen LogP contribution in [0.1, 0.15) is 55.2 Å². The zero-order valence-electron chi connectivity index (χ0n) is 14.1. The highest BCUT2D eigenvalue weighted by Gasteiger charge is 2.20. The van der Waals surface area contributed by atoms with Gasteiger partial charge in [0, 0.05) is 4.88 Å². The summed E-state index contributed by atoms with van der Waals surface area (Å²) in [6.45, 7) is 3.63. The standard InChI is InChI=1S/C20H19NO2S2/c1-3-14-6-8-15(9-7-14)19(17-5-4-12-24-17)21-20(23)18-11-10-16(25-18)13(2)22/h4-12,19H,3H2,1-2H3,(H,21,23)/t19-/m1/s1. The van der Waals surface area contributed by atoms with Crippen LogP contribution in [0.2, 0.25) is 0 Å². The van der Waals surface area contributed by atoms with E-state index in [-0.39, 0.29) is 17.7 Å². The fourth-order valence-electron chi connectivity index (χ4n) is 2.57. The Kier molecular flexibility index (Phi) is 5.46. The van der Waals surface area contributed by atoms with Crippen LogP contribution >= 0.6 is 22.7 Å². The van der Waals surface area contributed by atoms with Crippen molar-refractivity contribution in [2.24, 2.45) is 0 Å². The fourth-order valence-corrected chi connectivity index (χ4v) is 4.18. The number of thiophene rings is 2. The van der Waals surface area contributed by atoms with Crippen molar-refractivity contribution in [3.05, 3.63) is 79.7 Å². The van der Waals surface area contributed by atoms with Crippen LogP contribution < -0.4 is 5.32 Å². The highest BCUT2D eigenvalue weighted by atomic mass is 32.1. The van der Waals surface area contributed by atoms with Gasteiger partial charge in [-0.05, 0) is 48.1 Å². The van der Waals surface area contributed by atoms with Crippen molar-refractivity contribution < 1.29 is 9.59 Å². The van der Waals surface area contributed by atoms with Crippen molar-refractivity contribution in [2.45, 2.75) is 26.3 Å². The monoisotopic (exact) mass is 369 g/mol. The molecular weight excluding hydrogens is 350 g/mol. The van der Waals surface area contributed by atoms with E-state index in [9.17, 15) is 9.59 Å². The zero-order chi connectivity index (χ0) is 17.8. The maximum absolute atomic E-state index is 12.7. The molecule has 5 heteroatoms. The van der Waals surface area contributed by atoms with Gasteiger partial charge in [-0.15, -0.1) is 22.7 Å². The number of hydrogen-bond donors (Lipinski definition) is 1. The Balaban J connectivity index is 1.86. The second-order valence-corrected chi connectivity index (χ2v) is 7.80. The number of benzene rings is 1. The Bertz CT molecular complexity index is 864. The van der Waals surface area contributed by atoms with E-state index in [2.05, 4.69) is 36.5 Å².